The first-order valence-electron chi connectivity index (χ1n) is 17.8. The molecule has 0 radical (unpaired) electrons. The lowest BCUT2D eigenvalue weighted by molar-refractivity contribution is 0.489. The second-order valence-electron chi connectivity index (χ2n) is 13.3. The van der Waals surface area contributed by atoms with Crippen molar-refractivity contribution in [3.63, 3.8) is 0 Å². The molecule has 0 bridgehead atoms. The van der Waals surface area contributed by atoms with E-state index in [1.807, 2.05) is 18.5 Å². The number of hydrogen-bond donors (Lipinski definition) is 2. The third-order valence-electron chi connectivity index (χ3n) is 10.2. The molecule has 12 heteroatoms. The zero-order chi connectivity index (χ0) is 34.7. The smallest absolute Gasteiger partial charge is 0.139 e. The Labute approximate surface area is 305 Å². The van der Waals surface area contributed by atoms with Crippen LogP contribution >= 0.6 is 23.2 Å². The first kappa shape index (κ1) is 35.8. The molecule has 264 valence electrons. The van der Waals surface area contributed by atoms with E-state index in [1.165, 1.54) is 33.9 Å². The summed E-state index contributed by atoms with van der Waals surface area (Å²) < 4.78 is 0. The molecule has 5 aromatic rings. The van der Waals surface area contributed by atoms with Gasteiger partial charge in [-0.2, -0.15) is 0 Å². The van der Waals surface area contributed by atoms with Crippen LogP contribution in [0.15, 0.2) is 68.0 Å². The summed E-state index contributed by atoms with van der Waals surface area (Å²) in [5.74, 6) is 4.86. The summed E-state index contributed by atoms with van der Waals surface area (Å²) in [6.07, 6.45) is 18.1. The van der Waals surface area contributed by atoms with Crippen LogP contribution in [-0.4, -0.2) is 77.8 Å². The molecule has 4 aromatic heterocycles. The summed E-state index contributed by atoms with van der Waals surface area (Å²) in [7, 11) is 0. The van der Waals surface area contributed by atoms with Gasteiger partial charge in [-0.25, -0.2) is 29.9 Å². The Morgan fingerprint density at radius 2 is 1.26 bits per heavy atom. The summed E-state index contributed by atoms with van der Waals surface area (Å²) in [6, 6.07) is 10.4. The van der Waals surface area contributed by atoms with Crippen molar-refractivity contribution in [2.75, 3.05) is 47.7 Å². The minimum atomic E-state index is 0.369. The molecule has 2 saturated heterocycles. The zero-order valence-corrected chi connectivity index (χ0v) is 30.6. The third-order valence-corrected chi connectivity index (χ3v) is 10.7. The average Bonchev–Trinajstić information content (AvgIpc) is 3.81. The number of aromatic amines is 2. The largest absolute Gasteiger partial charge is 0.356 e. The number of imidazole rings is 2. The fraction of sp³-hybridized carbons (Fsp3) is 0.474. The lowest BCUT2D eigenvalue weighted by atomic mass is 9.90. The summed E-state index contributed by atoms with van der Waals surface area (Å²) in [6.45, 7) is 8.17. The molecule has 1 atom stereocenters. The molecule has 0 aliphatic carbocycles. The maximum atomic E-state index is 6.06. The van der Waals surface area contributed by atoms with Crippen molar-refractivity contribution in [2.45, 2.75) is 76.5 Å². The molecule has 0 saturated carbocycles. The molecule has 2 aliphatic heterocycles. The number of alkyl halides is 2. The number of rotatable bonds is 11. The van der Waals surface area contributed by atoms with Gasteiger partial charge in [0.2, 0.25) is 0 Å². The second-order valence-corrected chi connectivity index (χ2v) is 14.0. The van der Waals surface area contributed by atoms with Crippen molar-refractivity contribution in [2.24, 2.45) is 0 Å². The Morgan fingerprint density at radius 3 is 1.80 bits per heavy atom. The predicted octanol–water partition coefficient (Wildman–Crippen LogP) is 8.18. The number of anilines is 2. The van der Waals surface area contributed by atoms with Crippen LogP contribution in [0, 0.1) is 13.8 Å². The number of aryl methyl sites for hydroxylation is 2. The molecule has 1 aromatic carbocycles. The topological polar surface area (TPSA) is 115 Å². The van der Waals surface area contributed by atoms with Crippen LogP contribution in [0.4, 0.5) is 11.6 Å². The number of hydrogen-bond acceptors (Lipinski definition) is 8. The predicted molar refractivity (Wildman–Crippen MR) is 203 cm³/mol. The quantitative estimate of drug-likeness (QED) is 0.132. The minimum absolute atomic E-state index is 0.369. The normalized spacial score (nSPS) is 16.2. The number of H-pyrrole nitrogens is 2. The number of benzene rings is 1. The summed E-state index contributed by atoms with van der Waals surface area (Å²) in [4.78, 5) is 37.9. The Balaban J connectivity index is 0.000000173. The third kappa shape index (κ3) is 8.64. The number of nitrogens with one attached hydrogen (secondary N) is 2. The first-order valence-corrected chi connectivity index (χ1v) is 18.9. The van der Waals surface area contributed by atoms with Gasteiger partial charge in [0.15, 0.2) is 0 Å². The molecular weight excluding hydrogens is 667 g/mol. The van der Waals surface area contributed by atoms with Gasteiger partial charge < -0.3 is 19.8 Å². The van der Waals surface area contributed by atoms with E-state index >= 15 is 0 Å². The summed E-state index contributed by atoms with van der Waals surface area (Å²) in [5.41, 5.74) is 8.31. The zero-order valence-electron chi connectivity index (χ0n) is 29.1. The molecular formula is C38H48Cl2N10. The van der Waals surface area contributed by atoms with Crippen LogP contribution in [0.2, 0.25) is 0 Å². The highest BCUT2D eigenvalue weighted by Gasteiger charge is 2.28. The summed E-state index contributed by atoms with van der Waals surface area (Å²) in [5, 5.41) is 0. The fourth-order valence-corrected chi connectivity index (χ4v) is 7.90. The lowest BCUT2D eigenvalue weighted by Gasteiger charge is -2.34. The van der Waals surface area contributed by atoms with Gasteiger partial charge in [-0.1, -0.05) is 30.3 Å². The molecule has 2 fully saturated rings. The standard InChI is InChI=1S/C19H27Cl2N5.C19H21N5/c1-14-18(24-13-23-14)16-5-9-26(10-6-16)19-17(11-22-12-25-19)15(4-8-21)3-2-7-20;1-14-18(22-13-21-14)16-7-9-24(10-8-16)19-17(11-20-12-23-19)15-5-3-2-4-6-15/h11-13,15-16H,2-10H2,1H3,(H,23,24);2-6,11-13,16H,7-10H2,1H3,(H,21,22). The Morgan fingerprint density at radius 1 is 0.700 bits per heavy atom. The highest BCUT2D eigenvalue weighted by molar-refractivity contribution is 6.18. The first-order chi connectivity index (χ1) is 24.6. The lowest BCUT2D eigenvalue weighted by Crippen LogP contribution is -2.34. The highest BCUT2D eigenvalue weighted by Crippen LogP contribution is 2.36. The van der Waals surface area contributed by atoms with Gasteiger partial charge in [0.05, 0.1) is 24.0 Å². The monoisotopic (exact) mass is 714 g/mol. The van der Waals surface area contributed by atoms with Crippen molar-refractivity contribution in [3.8, 4) is 11.1 Å². The molecule has 0 spiro atoms. The van der Waals surface area contributed by atoms with Crippen molar-refractivity contribution in [1.29, 1.82) is 0 Å². The van der Waals surface area contributed by atoms with Crippen LogP contribution in [0.5, 0.6) is 0 Å². The van der Waals surface area contributed by atoms with Gasteiger partial charge in [-0.3, -0.25) is 0 Å². The van der Waals surface area contributed by atoms with E-state index in [1.54, 1.807) is 25.3 Å². The maximum absolute atomic E-state index is 6.06. The Bertz CT molecular complexity index is 1740. The van der Waals surface area contributed by atoms with E-state index in [4.69, 9.17) is 23.2 Å². The van der Waals surface area contributed by atoms with Crippen LogP contribution in [-0.2, 0) is 0 Å². The van der Waals surface area contributed by atoms with Crippen molar-refractivity contribution < 1.29 is 0 Å². The molecule has 7 rings (SSSR count). The molecule has 6 heterocycles. The van der Waals surface area contributed by atoms with Gasteiger partial charge in [0.25, 0.3) is 0 Å². The average molecular weight is 716 g/mol. The SMILES string of the molecule is Cc1[nH]cnc1C1CCN(c2ncncc2-c2ccccc2)CC1.Cc1[nH]cnc1C1CCN(c2ncncc2C(CCCl)CCCCl)CC1. The van der Waals surface area contributed by atoms with Crippen molar-refractivity contribution >= 4 is 34.8 Å². The number of halogens is 2. The van der Waals surface area contributed by atoms with E-state index < -0.39 is 0 Å². The van der Waals surface area contributed by atoms with Crippen LogP contribution < -0.4 is 9.80 Å². The van der Waals surface area contributed by atoms with Gasteiger partial charge in [0.1, 0.15) is 24.3 Å². The highest BCUT2D eigenvalue weighted by atomic mass is 35.5. The molecule has 50 heavy (non-hydrogen) atoms. The van der Waals surface area contributed by atoms with Gasteiger partial charge in [-0.15, -0.1) is 23.2 Å². The molecule has 0 amide bonds. The van der Waals surface area contributed by atoms with E-state index in [0.29, 0.717) is 29.5 Å². The van der Waals surface area contributed by atoms with E-state index in [9.17, 15) is 0 Å². The van der Waals surface area contributed by atoms with Crippen LogP contribution in [0.3, 0.4) is 0 Å². The maximum Gasteiger partial charge on any atom is 0.139 e. The van der Waals surface area contributed by atoms with E-state index in [-0.39, 0.29) is 0 Å². The van der Waals surface area contributed by atoms with Crippen molar-refractivity contribution in [1.82, 2.24) is 39.9 Å². The van der Waals surface area contributed by atoms with Crippen LogP contribution in [0.25, 0.3) is 11.1 Å². The summed E-state index contributed by atoms with van der Waals surface area (Å²) >= 11 is 12.0. The molecule has 2 N–H and O–H groups in total. The fourth-order valence-electron chi connectivity index (χ4n) is 7.48. The molecule has 1 unspecified atom stereocenters. The minimum Gasteiger partial charge on any atom is -0.356 e. The van der Waals surface area contributed by atoms with Gasteiger partial charge >= 0.3 is 0 Å². The van der Waals surface area contributed by atoms with E-state index in [2.05, 4.69) is 87.8 Å². The van der Waals surface area contributed by atoms with Crippen molar-refractivity contribution in [3.05, 3.63) is 96.4 Å². The Hall–Kier alpha value is -4.02. The van der Waals surface area contributed by atoms with Gasteiger partial charge in [0, 0.05) is 84.7 Å². The number of piperidine rings is 2. The number of nitrogens with zero attached hydrogens (tertiary/aromatic N) is 8. The molecule has 2 aliphatic rings. The Kier molecular flexibility index (Phi) is 12.7. The van der Waals surface area contributed by atoms with E-state index in [0.717, 1.165) is 88.3 Å². The number of aromatic nitrogens is 8. The molecule has 10 nitrogen and oxygen atoms in total. The van der Waals surface area contributed by atoms with Crippen LogP contribution in [0.1, 0.15) is 91.0 Å². The second kappa shape index (κ2) is 17.8. The van der Waals surface area contributed by atoms with Gasteiger partial charge in [-0.05, 0) is 70.3 Å².